The van der Waals surface area contributed by atoms with Crippen molar-refractivity contribution >= 4 is 11.6 Å². The van der Waals surface area contributed by atoms with Crippen LogP contribution in [-0.4, -0.2) is 19.3 Å². The monoisotopic (exact) mass is 399 g/mol. The van der Waals surface area contributed by atoms with Crippen molar-refractivity contribution in [1.29, 1.82) is 0 Å². The lowest BCUT2D eigenvalue weighted by atomic mass is 9.68. The molecule has 0 aliphatic carbocycles. The zero-order chi connectivity index (χ0) is 20.1. The highest BCUT2D eigenvalue weighted by Gasteiger charge is 2.39. The fourth-order valence-electron chi connectivity index (χ4n) is 4.32. The van der Waals surface area contributed by atoms with Crippen LogP contribution < -0.4 is 5.32 Å². The Labute approximate surface area is 175 Å². The van der Waals surface area contributed by atoms with Gasteiger partial charge < -0.3 is 10.1 Å². The summed E-state index contributed by atoms with van der Waals surface area (Å²) in [4.78, 5) is 0. The molecule has 0 unspecified atom stereocenters. The van der Waals surface area contributed by atoms with Crippen molar-refractivity contribution in [3.8, 4) is 0 Å². The highest BCUT2D eigenvalue weighted by Crippen LogP contribution is 2.41. The minimum atomic E-state index is 0.188. The molecule has 28 heavy (non-hydrogen) atoms. The summed E-state index contributed by atoms with van der Waals surface area (Å²) in [7, 11) is 0. The maximum atomic E-state index is 6.11. The molecule has 2 aromatic carbocycles. The predicted octanol–water partition coefficient (Wildman–Crippen LogP) is 6.46. The Morgan fingerprint density at radius 3 is 2.39 bits per heavy atom. The Morgan fingerprint density at radius 1 is 1.07 bits per heavy atom. The molecule has 2 nitrogen and oxygen atoms in total. The van der Waals surface area contributed by atoms with Gasteiger partial charge in [-0.25, -0.2) is 0 Å². The summed E-state index contributed by atoms with van der Waals surface area (Å²) >= 11 is 6.03. The zero-order valence-electron chi connectivity index (χ0n) is 17.7. The van der Waals surface area contributed by atoms with E-state index >= 15 is 0 Å². The molecular formula is C25H34ClNO. The van der Waals surface area contributed by atoms with Gasteiger partial charge in [-0.3, -0.25) is 0 Å². The Morgan fingerprint density at radius 2 is 1.75 bits per heavy atom. The quantitative estimate of drug-likeness (QED) is 0.576. The standard InChI is InChI=1S/C25H34ClNO/c1-18(2)24-17-25(14-16-28-24,22-9-5-19(3)6-10-22)13-15-27-20(4)21-7-11-23(26)12-8-21/h5-12,18,20,24,27H,13-17H2,1-4H3/t20-,24+,25+/m0/s1. The third kappa shape index (κ3) is 5.17. The van der Waals surface area contributed by atoms with Crippen LogP contribution in [0.5, 0.6) is 0 Å². The summed E-state index contributed by atoms with van der Waals surface area (Å²) in [6, 6.07) is 17.6. The Kier molecular flexibility index (Phi) is 7.20. The topological polar surface area (TPSA) is 21.3 Å². The van der Waals surface area contributed by atoms with Crippen molar-refractivity contribution in [3.05, 3.63) is 70.2 Å². The van der Waals surface area contributed by atoms with Gasteiger partial charge in [0.25, 0.3) is 0 Å². The van der Waals surface area contributed by atoms with E-state index in [1.165, 1.54) is 16.7 Å². The lowest BCUT2D eigenvalue weighted by Gasteiger charge is -2.43. The van der Waals surface area contributed by atoms with Crippen molar-refractivity contribution in [1.82, 2.24) is 5.32 Å². The van der Waals surface area contributed by atoms with Gasteiger partial charge in [0.1, 0.15) is 0 Å². The van der Waals surface area contributed by atoms with E-state index in [4.69, 9.17) is 16.3 Å². The second kappa shape index (κ2) is 9.43. The molecule has 0 radical (unpaired) electrons. The smallest absolute Gasteiger partial charge is 0.0606 e. The van der Waals surface area contributed by atoms with Gasteiger partial charge in [0.2, 0.25) is 0 Å². The van der Waals surface area contributed by atoms with Gasteiger partial charge in [-0.05, 0) is 68.8 Å². The van der Waals surface area contributed by atoms with Crippen molar-refractivity contribution in [3.63, 3.8) is 0 Å². The lowest BCUT2D eigenvalue weighted by molar-refractivity contribution is -0.0470. The van der Waals surface area contributed by atoms with E-state index in [9.17, 15) is 0 Å². The SMILES string of the molecule is Cc1ccc([C@]2(CCN[C@@H](C)c3ccc(Cl)cc3)CCO[C@@H](C(C)C)C2)cc1. The number of rotatable bonds is 7. The Balaban J connectivity index is 1.72. The van der Waals surface area contributed by atoms with E-state index < -0.39 is 0 Å². The van der Waals surface area contributed by atoms with E-state index in [1.807, 2.05) is 12.1 Å². The molecule has 1 aliphatic rings. The zero-order valence-corrected chi connectivity index (χ0v) is 18.4. The molecule has 0 spiro atoms. The lowest BCUT2D eigenvalue weighted by Crippen LogP contribution is -2.42. The van der Waals surface area contributed by atoms with Gasteiger partial charge in [-0.2, -0.15) is 0 Å². The Hall–Kier alpha value is -1.35. The summed E-state index contributed by atoms with van der Waals surface area (Å²) in [5.74, 6) is 0.547. The van der Waals surface area contributed by atoms with Crippen LogP contribution in [0.4, 0.5) is 0 Å². The molecule has 1 fully saturated rings. The Bertz CT molecular complexity index is 740. The van der Waals surface area contributed by atoms with Gasteiger partial charge >= 0.3 is 0 Å². The van der Waals surface area contributed by atoms with Crippen molar-refractivity contribution in [2.45, 2.75) is 64.5 Å². The molecule has 0 saturated carbocycles. The third-order valence-corrected chi connectivity index (χ3v) is 6.59. The second-order valence-corrected chi connectivity index (χ2v) is 9.17. The minimum Gasteiger partial charge on any atom is -0.378 e. The summed E-state index contributed by atoms with van der Waals surface area (Å²) in [5, 5.41) is 4.52. The summed E-state index contributed by atoms with van der Waals surface area (Å²) in [6.45, 7) is 10.8. The van der Waals surface area contributed by atoms with Gasteiger partial charge in [-0.15, -0.1) is 0 Å². The number of halogens is 1. The molecule has 1 heterocycles. The molecule has 3 rings (SSSR count). The summed E-state index contributed by atoms with van der Waals surface area (Å²) < 4.78 is 6.11. The molecule has 152 valence electrons. The van der Waals surface area contributed by atoms with E-state index in [2.05, 4.69) is 69.4 Å². The molecule has 1 N–H and O–H groups in total. The molecule has 3 heteroatoms. The first kappa shape index (κ1) is 21.4. The summed E-state index contributed by atoms with van der Waals surface area (Å²) in [6.07, 6.45) is 3.66. The first-order valence-electron chi connectivity index (χ1n) is 10.6. The van der Waals surface area contributed by atoms with Crippen molar-refractivity contribution in [2.75, 3.05) is 13.2 Å². The van der Waals surface area contributed by atoms with Gasteiger partial charge in [0.05, 0.1) is 6.10 Å². The fraction of sp³-hybridized carbons (Fsp3) is 0.520. The minimum absolute atomic E-state index is 0.188. The fourth-order valence-corrected chi connectivity index (χ4v) is 4.44. The van der Waals surface area contributed by atoms with Gasteiger partial charge in [0.15, 0.2) is 0 Å². The predicted molar refractivity (Wildman–Crippen MR) is 119 cm³/mol. The highest BCUT2D eigenvalue weighted by molar-refractivity contribution is 6.30. The second-order valence-electron chi connectivity index (χ2n) is 8.73. The van der Waals surface area contributed by atoms with Crippen LogP contribution >= 0.6 is 11.6 Å². The van der Waals surface area contributed by atoms with E-state index in [0.29, 0.717) is 18.1 Å². The maximum absolute atomic E-state index is 6.11. The number of benzene rings is 2. The molecule has 1 saturated heterocycles. The number of hydrogen-bond acceptors (Lipinski definition) is 2. The first-order valence-corrected chi connectivity index (χ1v) is 10.9. The third-order valence-electron chi connectivity index (χ3n) is 6.34. The van der Waals surface area contributed by atoms with E-state index in [-0.39, 0.29) is 5.41 Å². The number of nitrogens with one attached hydrogen (secondary N) is 1. The van der Waals surface area contributed by atoms with Crippen molar-refractivity contribution < 1.29 is 4.74 Å². The van der Waals surface area contributed by atoms with Gasteiger partial charge in [-0.1, -0.05) is 67.4 Å². The van der Waals surface area contributed by atoms with Crippen LogP contribution in [0.1, 0.15) is 62.8 Å². The van der Waals surface area contributed by atoms with Crippen LogP contribution in [0, 0.1) is 12.8 Å². The number of hydrogen-bond donors (Lipinski definition) is 1. The normalized spacial score (nSPS) is 23.7. The average Bonchev–Trinajstić information content (AvgIpc) is 2.69. The van der Waals surface area contributed by atoms with Crippen LogP contribution in [0.3, 0.4) is 0 Å². The average molecular weight is 400 g/mol. The molecule has 0 bridgehead atoms. The van der Waals surface area contributed by atoms with Gasteiger partial charge in [0, 0.05) is 23.1 Å². The number of aryl methyl sites for hydroxylation is 1. The molecule has 0 aromatic heterocycles. The molecular weight excluding hydrogens is 366 g/mol. The van der Waals surface area contributed by atoms with Crippen molar-refractivity contribution in [2.24, 2.45) is 5.92 Å². The van der Waals surface area contributed by atoms with Crippen LogP contribution in [0.2, 0.25) is 5.02 Å². The largest absolute Gasteiger partial charge is 0.378 e. The van der Waals surface area contributed by atoms with E-state index in [1.54, 1.807) is 0 Å². The molecule has 0 amide bonds. The highest BCUT2D eigenvalue weighted by atomic mass is 35.5. The van der Waals surface area contributed by atoms with Crippen LogP contribution in [0.25, 0.3) is 0 Å². The summed E-state index contributed by atoms with van der Waals surface area (Å²) in [5.41, 5.74) is 4.25. The number of ether oxygens (including phenoxy) is 1. The van der Waals surface area contributed by atoms with E-state index in [0.717, 1.165) is 37.4 Å². The first-order chi connectivity index (χ1) is 13.4. The molecule has 2 aromatic rings. The molecule has 1 aliphatic heterocycles. The maximum Gasteiger partial charge on any atom is 0.0606 e. The molecule has 3 atom stereocenters. The van der Waals surface area contributed by atoms with Crippen LogP contribution in [-0.2, 0) is 10.2 Å². The van der Waals surface area contributed by atoms with Crippen LogP contribution in [0.15, 0.2) is 48.5 Å².